The Morgan fingerprint density at radius 1 is 0.786 bits per heavy atom. The van der Waals surface area contributed by atoms with Crippen molar-refractivity contribution in [1.29, 1.82) is 0 Å². The van der Waals surface area contributed by atoms with E-state index in [1.54, 1.807) is 67.6 Å². The molecule has 0 bridgehead atoms. The van der Waals surface area contributed by atoms with Gasteiger partial charge in [0.05, 0.1) is 5.71 Å². The number of carbonyl (C=O) groups excluding carboxylic acids is 2. The van der Waals surface area contributed by atoms with Crippen LogP contribution in [0, 0.1) is 0 Å². The van der Waals surface area contributed by atoms with Gasteiger partial charge < -0.3 is 11.1 Å². The first-order chi connectivity index (χ1) is 13.5. The van der Waals surface area contributed by atoms with E-state index >= 15 is 0 Å². The zero-order valence-corrected chi connectivity index (χ0v) is 15.3. The lowest BCUT2D eigenvalue weighted by Crippen LogP contribution is -2.19. The highest BCUT2D eigenvalue weighted by Crippen LogP contribution is 2.12. The lowest BCUT2D eigenvalue weighted by molar-refractivity contribution is 0.0954. The largest absolute Gasteiger partial charge is 0.399 e. The SMILES string of the molecule is C/C(=N\NC(=O)c1ccc(NC(=O)c2ccccc2)cc1)c1cccc(N)c1. The number of hydrazone groups is 1. The molecule has 0 aromatic heterocycles. The van der Waals surface area contributed by atoms with Crippen LogP contribution in [0.2, 0.25) is 0 Å². The summed E-state index contributed by atoms with van der Waals surface area (Å²) >= 11 is 0. The topological polar surface area (TPSA) is 96.6 Å². The number of carbonyl (C=O) groups is 2. The Labute approximate surface area is 163 Å². The van der Waals surface area contributed by atoms with Crippen LogP contribution in [-0.4, -0.2) is 17.5 Å². The van der Waals surface area contributed by atoms with Gasteiger partial charge in [-0.25, -0.2) is 5.43 Å². The summed E-state index contributed by atoms with van der Waals surface area (Å²) in [6.07, 6.45) is 0. The van der Waals surface area contributed by atoms with Crippen LogP contribution in [0.4, 0.5) is 11.4 Å². The molecule has 28 heavy (non-hydrogen) atoms. The molecule has 0 radical (unpaired) electrons. The monoisotopic (exact) mass is 372 g/mol. The maximum absolute atomic E-state index is 12.3. The van der Waals surface area contributed by atoms with Crippen molar-refractivity contribution in [3.63, 3.8) is 0 Å². The van der Waals surface area contributed by atoms with E-state index in [-0.39, 0.29) is 11.8 Å². The molecule has 0 fully saturated rings. The second-order valence-corrected chi connectivity index (χ2v) is 6.16. The van der Waals surface area contributed by atoms with Gasteiger partial charge in [-0.15, -0.1) is 0 Å². The molecule has 4 N–H and O–H groups in total. The summed E-state index contributed by atoms with van der Waals surface area (Å²) in [6, 6.07) is 22.8. The number of nitrogens with one attached hydrogen (secondary N) is 2. The van der Waals surface area contributed by atoms with Gasteiger partial charge in [-0.1, -0.05) is 30.3 Å². The number of benzene rings is 3. The second kappa shape index (κ2) is 8.64. The van der Waals surface area contributed by atoms with Gasteiger partial charge in [-0.3, -0.25) is 9.59 Å². The minimum Gasteiger partial charge on any atom is -0.399 e. The Morgan fingerprint density at radius 3 is 2.11 bits per heavy atom. The van der Waals surface area contributed by atoms with Gasteiger partial charge in [-0.2, -0.15) is 5.10 Å². The fraction of sp³-hybridized carbons (Fsp3) is 0.0455. The molecule has 3 rings (SSSR count). The molecule has 0 atom stereocenters. The summed E-state index contributed by atoms with van der Waals surface area (Å²) in [4.78, 5) is 24.4. The lowest BCUT2D eigenvalue weighted by Gasteiger charge is -2.07. The van der Waals surface area contributed by atoms with Crippen LogP contribution in [0.15, 0.2) is 84.0 Å². The first-order valence-electron chi connectivity index (χ1n) is 8.70. The zero-order valence-electron chi connectivity index (χ0n) is 15.3. The Balaban J connectivity index is 1.62. The predicted octanol–water partition coefficient (Wildman–Crippen LogP) is 3.68. The van der Waals surface area contributed by atoms with E-state index in [0.29, 0.717) is 28.2 Å². The van der Waals surface area contributed by atoms with Crippen molar-refractivity contribution in [3.05, 3.63) is 95.6 Å². The number of anilines is 2. The minimum atomic E-state index is -0.343. The lowest BCUT2D eigenvalue weighted by atomic mass is 10.1. The molecule has 6 heteroatoms. The smallest absolute Gasteiger partial charge is 0.271 e. The number of hydrogen-bond acceptors (Lipinski definition) is 4. The first kappa shape index (κ1) is 18.8. The van der Waals surface area contributed by atoms with Crippen LogP contribution < -0.4 is 16.5 Å². The molecule has 0 saturated heterocycles. The summed E-state index contributed by atoms with van der Waals surface area (Å²) in [5.74, 6) is -0.552. The summed E-state index contributed by atoms with van der Waals surface area (Å²) in [7, 11) is 0. The first-order valence-corrected chi connectivity index (χ1v) is 8.70. The standard InChI is InChI=1S/C22H20N4O2/c1-15(18-8-5-9-19(23)14-18)25-26-22(28)17-10-12-20(13-11-17)24-21(27)16-6-3-2-4-7-16/h2-14H,23H2,1H3,(H,24,27)(H,26,28)/b25-15+. The molecule has 2 amide bonds. The fourth-order valence-electron chi connectivity index (χ4n) is 2.53. The summed E-state index contributed by atoms with van der Waals surface area (Å²) < 4.78 is 0. The van der Waals surface area contributed by atoms with Gasteiger partial charge >= 0.3 is 0 Å². The molecule has 0 aliphatic heterocycles. The zero-order chi connectivity index (χ0) is 19.9. The van der Waals surface area contributed by atoms with Crippen LogP contribution in [0.1, 0.15) is 33.2 Å². The third-order valence-electron chi connectivity index (χ3n) is 4.07. The van der Waals surface area contributed by atoms with E-state index in [0.717, 1.165) is 5.56 Å². The van der Waals surface area contributed by atoms with E-state index < -0.39 is 0 Å². The van der Waals surface area contributed by atoms with Crippen molar-refractivity contribution in [2.75, 3.05) is 11.1 Å². The van der Waals surface area contributed by atoms with Crippen LogP contribution in [0.25, 0.3) is 0 Å². The fourth-order valence-corrected chi connectivity index (χ4v) is 2.53. The van der Waals surface area contributed by atoms with Gasteiger partial charge in [0.15, 0.2) is 0 Å². The number of amides is 2. The normalized spacial score (nSPS) is 11.0. The van der Waals surface area contributed by atoms with Crippen molar-refractivity contribution in [3.8, 4) is 0 Å². The van der Waals surface area contributed by atoms with Crippen LogP contribution in [0.3, 0.4) is 0 Å². The van der Waals surface area contributed by atoms with Crippen molar-refractivity contribution >= 4 is 28.9 Å². The van der Waals surface area contributed by atoms with Crippen molar-refractivity contribution in [2.24, 2.45) is 5.10 Å². The quantitative estimate of drug-likeness (QED) is 0.362. The van der Waals surface area contributed by atoms with Gasteiger partial charge in [0.1, 0.15) is 0 Å². The molecule has 3 aromatic carbocycles. The number of nitrogens with zero attached hydrogens (tertiary/aromatic N) is 1. The van der Waals surface area contributed by atoms with Crippen molar-refractivity contribution in [2.45, 2.75) is 6.92 Å². The number of rotatable bonds is 5. The average molecular weight is 372 g/mol. The maximum atomic E-state index is 12.3. The Kier molecular flexibility index (Phi) is 5.81. The molecule has 3 aromatic rings. The van der Waals surface area contributed by atoms with Crippen molar-refractivity contribution in [1.82, 2.24) is 5.43 Å². The molecule has 0 heterocycles. The average Bonchev–Trinajstić information content (AvgIpc) is 2.73. The number of nitrogen functional groups attached to an aromatic ring is 1. The highest BCUT2D eigenvalue weighted by molar-refractivity contribution is 6.04. The molecule has 0 aliphatic rings. The molecular weight excluding hydrogens is 352 g/mol. The molecule has 140 valence electrons. The molecule has 0 aliphatic carbocycles. The molecule has 0 saturated carbocycles. The molecular formula is C22H20N4O2. The predicted molar refractivity (Wildman–Crippen MR) is 111 cm³/mol. The van der Waals surface area contributed by atoms with E-state index in [2.05, 4.69) is 15.8 Å². The van der Waals surface area contributed by atoms with Gasteiger partial charge in [0.2, 0.25) is 0 Å². The molecule has 0 unspecified atom stereocenters. The summed E-state index contributed by atoms with van der Waals surface area (Å²) in [5.41, 5.74) is 12.0. The van der Waals surface area contributed by atoms with Gasteiger partial charge in [0.25, 0.3) is 11.8 Å². The highest BCUT2D eigenvalue weighted by Gasteiger charge is 2.08. The Hall–Kier alpha value is -3.93. The molecule has 0 spiro atoms. The summed E-state index contributed by atoms with van der Waals surface area (Å²) in [6.45, 7) is 1.79. The maximum Gasteiger partial charge on any atom is 0.271 e. The Bertz CT molecular complexity index is 1010. The molecule has 6 nitrogen and oxygen atoms in total. The number of nitrogens with two attached hydrogens (primary N) is 1. The van der Waals surface area contributed by atoms with E-state index in [1.807, 2.05) is 18.2 Å². The minimum absolute atomic E-state index is 0.208. The highest BCUT2D eigenvalue weighted by atomic mass is 16.2. The Morgan fingerprint density at radius 2 is 1.43 bits per heavy atom. The number of hydrogen-bond donors (Lipinski definition) is 3. The van der Waals surface area contributed by atoms with Crippen LogP contribution in [-0.2, 0) is 0 Å². The van der Waals surface area contributed by atoms with Gasteiger partial charge in [-0.05, 0) is 61.0 Å². The summed E-state index contributed by atoms with van der Waals surface area (Å²) in [5, 5.41) is 6.91. The van der Waals surface area contributed by atoms with E-state index in [9.17, 15) is 9.59 Å². The van der Waals surface area contributed by atoms with E-state index in [4.69, 9.17) is 5.73 Å². The van der Waals surface area contributed by atoms with Crippen molar-refractivity contribution < 1.29 is 9.59 Å². The third kappa shape index (κ3) is 4.82. The third-order valence-corrected chi connectivity index (χ3v) is 4.07. The van der Waals surface area contributed by atoms with E-state index in [1.165, 1.54) is 0 Å². The van der Waals surface area contributed by atoms with Crippen LogP contribution >= 0.6 is 0 Å². The second-order valence-electron chi connectivity index (χ2n) is 6.16. The van der Waals surface area contributed by atoms with Crippen LogP contribution in [0.5, 0.6) is 0 Å². The van der Waals surface area contributed by atoms with Gasteiger partial charge in [0, 0.05) is 22.5 Å².